The maximum atomic E-state index is 12.8. The lowest BCUT2D eigenvalue weighted by atomic mass is 10.2. The molecule has 3 aromatic rings. The highest BCUT2D eigenvalue weighted by Crippen LogP contribution is 2.31. The Morgan fingerprint density at radius 2 is 1.65 bits per heavy atom. The topological polar surface area (TPSA) is 27.7 Å². The summed E-state index contributed by atoms with van der Waals surface area (Å²) in [7, 11) is 0. The second kappa shape index (κ2) is 12.7. The summed E-state index contributed by atoms with van der Waals surface area (Å²) in [6.45, 7) is 5.42. The first-order valence-corrected chi connectivity index (χ1v) is 12.2. The van der Waals surface area contributed by atoms with Crippen molar-refractivity contribution in [3.8, 4) is 11.5 Å². The monoisotopic (exact) mass is 490 g/mol. The van der Waals surface area contributed by atoms with E-state index in [4.69, 9.17) is 14.2 Å². The molecule has 7 heteroatoms. The van der Waals surface area contributed by atoms with Crippen LogP contribution in [0.5, 0.6) is 11.5 Å². The Hall–Kier alpha value is -2.64. The maximum absolute atomic E-state index is 12.8. The molecule has 0 amide bonds. The zero-order valence-electron chi connectivity index (χ0n) is 19.3. The lowest BCUT2D eigenvalue weighted by Gasteiger charge is -2.19. The van der Waals surface area contributed by atoms with Gasteiger partial charge in [0, 0.05) is 10.6 Å². The van der Waals surface area contributed by atoms with Gasteiger partial charge in [0.2, 0.25) is 0 Å². The quantitative estimate of drug-likeness (QED) is 0.245. The first kappa shape index (κ1) is 26.0. The number of rotatable bonds is 12. The van der Waals surface area contributed by atoms with Crippen molar-refractivity contribution in [3.05, 3.63) is 89.5 Å². The summed E-state index contributed by atoms with van der Waals surface area (Å²) in [5.74, 6) is 1.88. The minimum absolute atomic E-state index is 0.224. The van der Waals surface area contributed by atoms with Crippen LogP contribution in [0.25, 0.3) is 0 Å². The normalized spacial score (nSPS) is 12.4. The van der Waals surface area contributed by atoms with E-state index in [-0.39, 0.29) is 12.7 Å². The summed E-state index contributed by atoms with van der Waals surface area (Å²) < 4.78 is 56.0. The Bertz CT molecular complexity index is 1010. The molecule has 0 fully saturated rings. The van der Waals surface area contributed by atoms with Crippen LogP contribution in [0.4, 0.5) is 13.2 Å². The molecule has 0 radical (unpaired) electrons. The third-order valence-electron chi connectivity index (χ3n) is 4.99. The molecule has 0 aliphatic carbocycles. The van der Waals surface area contributed by atoms with Crippen molar-refractivity contribution in [2.75, 3.05) is 19.0 Å². The van der Waals surface area contributed by atoms with Gasteiger partial charge in [0.1, 0.15) is 24.2 Å². The highest BCUT2D eigenvalue weighted by molar-refractivity contribution is 7.99. The van der Waals surface area contributed by atoms with Crippen LogP contribution in [0.1, 0.15) is 30.0 Å². The van der Waals surface area contributed by atoms with Gasteiger partial charge in [-0.3, -0.25) is 0 Å². The van der Waals surface area contributed by atoms with E-state index in [0.717, 1.165) is 40.3 Å². The van der Waals surface area contributed by atoms with Crippen molar-refractivity contribution in [1.29, 1.82) is 0 Å². The molecule has 34 heavy (non-hydrogen) atoms. The predicted molar refractivity (Wildman–Crippen MR) is 130 cm³/mol. The molecule has 3 nitrogen and oxygen atoms in total. The van der Waals surface area contributed by atoms with E-state index in [1.807, 2.05) is 49.4 Å². The number of halogens is 3. The summed E-state index contributed by atoms with van der Waals surface area (Å²) in [6.07, 6.45) is -3.68. The van der Waals surface area contributed by atoms with E-state index in [0.29, 0.717) is 24.7 Å². The summed E-state index contributed by atoms with van der Waals surface area (Å²) in [5.41, 5.74) is 1.41. The molecule has 182 valence electrons. The molecule has 1 atom stereocenters. The van der Waals surface area contributed by atoms with Crippen LogP contribution in [0, 0.1) is 6.92 Å². The number of alkyl halides is 3. The number of thioether (sulfide) groups is 1. The van der Waals surface area contributed by atoms with Gasteiger partial charge in [-0.15, -0.1) is 11.8 Å². The number of benzene rings is 3. The molecular weight excluding hydrogens is 461 g/mol. The van der Waals surface area contributed by atoms with Crippen LogP contribution in [0.3, 0.4) is 0 Å². The average molecular weight is 491 g/mol. The number of aryl methyl sites for hydroxylation is 1. The Morgan fingerprint density at radius 3 is 2.29 bits per heavy atom. The number of ether oxygens (including phenoxy) is 3. The molecule has 3 aromatic carbocycles. The first-order valence-electron chi connectivity index (χ1n) is 11.2. The van der Waals surface area contributed by atoms with Crippen LogP contribution in [0.2, 0.25) is 0 Å². The minimum atomic E-state index is -4.37. The van der Waals surface area contributed by atoms with Crippen LogP contribution >= 0.6 is 11.8 Å². The van der Waals surface area contributed by atoms with Crippen LogP contribution < -0.4 is 9.47 Å². The third-order valence-corrected chi connectivity index (χ3v) is 6.12. The lowest BCUT2D eigenvalue weighted by molar-refractivity contribution is -0.137. The van der Waals surface area contributed by atoms with Gasteiger partial charge in [0.25, 0.3) is 0 Å². The molecule has 0 aromatic heterocycles. The van der Waals surface area contributed by atoms with Crippen molar-refractivity contribution in [1.82, 2.24) is 0 Å². The summed E-state index contributed by atoms with van der Waals surface area (Å²) >= 11 is 1.64. The Labute approximate surface area is 203 Å². The molecule has 0 saturated heterocycles. The van der Waals surface area contributed by atoms with Crippen molar-refractivity contribution < 1.29 is 27.4 Å². The maximum Gasteiger partial charge on any atom is 0.416 e. The first-order chi connectivity index (χ1) is 16.3. The van der Waals surface area contributed by atoms with Gasteiger partial charge >= 0.3 is 6.18 Å². The van der Waals surface area contributed by atoms with Crippen LogP contribution in [-0.4, -0.2) is 25.1 Å². The molecular formula is C27H29F3O3S. The molecule has 1 unspecified atom stereocenters. The summed E-state index contributed by atoms with van der Waals surface area (Å²) in [6, 6.07) is 20.6. The Balaban J connectivity index is 1.61. The average Bonchev–Trinajstić information content (AvgIpc) is 2.83. The van der Waals surface area contributed by atoms with Gasteiger partial charge in [0.05, 0.1) is 18.8 Å². The smallest absolute Gasteiger partial charge is 0.416 e. The molecule has 0 spiro atoms. The van der Waals surface area contributed by atoms with Gasteiger partial charge in [-0.1, -0.05) is 37.3 Å². The van der Waals surface area contributed by atoms with Gasteiger partial charge < -0.3 is 14.2 Å². The molecule has 0 N–H and O–H groups in total. The van der Waals surface area contributed by atoms with Crippen LogP contribution in [-0.2, 0) is 17.5 Å². The van der Waals surface area contributed by atoms with Gasteiger partial charge in [0.15, 0.2) is 0 Å². The van der Waals surface area contributed by atoms with Crippen LogP contribution in [0.15, 0.2) is 77.7 Å². The summed E-state index contributed by atoms with van der Waals surface area (Å²) in [4.78, 5) is 1.09. The largest absolute Gasteiger partial charge is 0.493 e. The highest BCUT2D eigenvalue weighted by Gasteiger charge is 2.30. The zero-order valence-corrected chi connectivity index (χ0v) is 20.1. The lowest BCUT2D eigenvalue weighted by Crippen LogP contribution is -2.24. The molecule has 0 aliphatic rings. The fourth-order valence-electron chi connectivity index (χ4n) is 3.14. The summed E-state index contributed by atoms with van der Waals surface area (Å²) in [5, 5.41) is 0. The van der Waals surface area contributed by atoms with Crippen molar-refractivity contribution >= 4 is 11.8 Å². The van der Waals surface area contributed by atoms with E-state index in [1.54, 1.807) is 11.8 Å². The second-order valence-electron chi connectivity index (χ2n) is 7.84. The standard InChI is InChI=1S/C27H29F3O3S/c1-3-15-31-26-14-13-25(16-20(26)2)34-19-24(32-17-21-7-5-4-6-8-21)18-33-23-11-9-22(10-12-23)27(28,29)30/h4-14,16,24H,3,15,17-19H2,1-2H3. The highest BCUT2D eigenvalue weighted by atomic mass is 32.2. The van der Waals surface area contributed by atoms with E-state index in [1.165, 1.54) is 12.1 Å². The zero-order chi connectivity index (χ0) is 24.4. The van der Waals surface area contributed by atoms with Crippen molar-refractivity contribution in [3.63, 3.8) is 0 Å². The fourth-order valence-corrected chi connectivity index (χ4v) is 4.13. The van der Waals surface area contributed by atoms with Crippen molar-refractivity contribution in [2.24, 2.45) is 0 Å². The van der Waals surface area contributed by atoms with E-state index in [2.05, 4.69) is 13.0 Å². The second-order valence-corrected chi connectivity index (χ2v) is 8.93. The molecule has 0 saturated carbocycles. The van der Waals surface area contributed by atoms with Gasteiger partial charge in [-0.25, -0.2) is 0 Å². The Morgan fingerprint density at radius 1 is 0.912 bits per heavy atom. The molecule has 0 bridgehead atoms. The third kappa shape index (κ3) is 8.29. The molecule has 0 aliphatic heterocycles. The Kier molecular flexibility index (Phi) is 9.72. The van der Waals surface area contributed by atoms with Gasteiger partial charge in [-0.2, -0.15) is 13.2 Å². The number of hydrogen-bond acceptors (Lipinski definition) is 4. The molecule has 3 rings (SSSR count). The number of hydrogen-bond donors (Lipinski definition) is 0. The van der Waals surface area contributed by atoms with Crippen molar-refractivity contribution in [2.45, 2.75) is 44.1 Å². The van der Waals surface area contributed by atoms with Gasteiger partial charge in [-0.05, 0) is 66.9 Å². The SMILES string of the molecule is CCCOc1ccc(SCC(COc2ccc(C(F)(F)F)cc2)OCc2ccccc2)cc1C. The fraction of sp³-hybridized carbons (Fsp3) is 0.333. The molecule has 0 heterocycles. The van der Waals surface area contributed by atoms with E-state index in [9.17, 15) is 13.2 Å². The van der Waals surface area contributed by atoms with E-state index >= 15 is 0 Å². The van der Waals surface area contributed by atoms with E-state index < -0.39 is 11.7 Å². The minimum Gasteiger partial charge on any atom is -0.493 e. The predicted octanol–water partition coefficient (Wildman–Crippen LogP) is 7.56.